The first-order valence-corrected chi connectivity index (χ1v) is 6.71. The van der Waals surface area contributed by atoms with Crippen LogP contribution in [0.1, 0.15) is 37.7 Å². The fourth-order valence-corrected chi connectivity index (χ4v) is 2.46. The molecule has 0 aliphatic heterocycles. The Balaban J connectivity index is 1.95. The highest BCUT2D eigenvalue weighted by atomic mass is 15.1. The van der Waals surface area contributed by atoms with Crippen LogP contribution in [0.3, 0.4) is 0 Å². The van der Waals surface area contributed by atoms with Crippen LogP contribution in [0.2, 0.25) is 0 Å². The topological polar surface area (TPSA) is 3.24 Å². The molecule has 0 spiro atoms. The maximum atomic E-state index is 2.41. The summed E-state index contributed by atoms with van der Waals surface area (Å²) in [4.78, 5) is 2.13. The van der Waals surface area contributed by atoms with Gasteiger partial charge >= 0.3 is 0 Å². The molecule has 1 nitrogen and oxygen atoms in total. The van der Waals surface area contributed by atoms with E-state index in [1.807, 2.05) is 0 Å². The predicted molar refractivity (Wildman–Crippen MR) is 76.4 cm³/mol. The van der Waals surface area contributed by atoms with Gasteiger partial charge in [0, 0.05) is 19.8 Å². The Labute approximate surface area is 105 Å². The summed E-state index contributed by atoms with van der Waals surface area (Å²) in [7, 11) is 4.15. The monoisotopic (exact) mass is 229 g/mol. The molecule has 17 heavy (non-hydrogen) atoms. The highest BCUT2D eigenvalue weighted by Crippen LogP contribution is 2.25. The zero-order valence-corrected chi connectivity index (χ0v) is 11.0. The fraction of sp³-hybridized carbons (Fsp3) is 0.500. The molecule has 92 valence electrons. The van der Waals surface area contributed by atoms with Crippen molar-refractivity contribution in [2.45, 2.75) is 32.1 Å². The molecule has 0 unspecified atom stereocenters. The Morgan fingerprint density at radius 3 is 2.24 bits per heavy atom. The molecular weight excluding hydrogens is 206 g/mol. The molecule has 0 amide bonds. The maximum Gasteiger partial charge on any atom is 0.0361 e. The quantitative estimate of drug-likeness (QED) is 0.745. The summed E-state index contributed by atoms with van der Waals surface area (Å²) in [6.07, 6.45) is 11.7. The first-order valence-electron chi connectivity index (χ1n) is 6.71. The van der Waals surface area contributed by atoms with E-state index in [2.05, 4.69) is 55.4 Å². The second-order valence-electron chi connectivity index (χ2n) is 5.24. The second-order valence-corrected chi connectivity index (χ2v) is 5.24. The Bertz CT molecular complexity index is 356. The molecule has 1 aromatic rings. The van der Waals surface area contributed by atoms with Gasteiger partial charge in [-0.05, 0) is 36.5 Å². The van der Waals surface area contributed by atoms with Crippen LogP contribution in [0, 0.1) is 5.92 Å². The van der Waals surface area contributed by atoms with E-state index in [1.54, 1.807) is 0 Å². The van der Waals surface area contributed by atoms with E-state index in [9.17, 15) is 0 Å². The van der Waals surface area contributed by atoms with E-state index in [1.165, 1.54) is 43.4 Å². The van der Waals surface area contributed by atoms with Crippen molar-refractivity contribution in [2.24, 2.45) is 5.92 Å². The van der Waals surface area contributed by atoms with Crippen LogP contribution < -0.4 is 4.90 Å². The highest BCUT2D eigenvalue weighted by molar-refractivity contribution is 5.55. The average Bonchev–Trinajstić information content (AvgIpc) is 2.38. The lowest BCUT2D eigenvalue weighted by molar-refractivity contribution is 0.420. The van der Waals surface area contributed by atoms with Crippen molar-refractivity contribution in [3.63, 3.8) is 0 Å². The third kappa shape index (κ3) is 3.62. The molecule has 1 aliphatic rings. The third-order valence-electron chi connectivity index (χ3n) is 3.62. The van der Waals surface area contributed by atoms with Gasteiger partial charge < -0.3 is 4.90 Å². The Kier molecular flexibility index (Phi) is 4.24. The first kappa shape index (κ1) is 12.2. The zero-order valence-electron chi connectivity index (χ0n) is 11.0. The van der Waals surface area contributed by atoms with Crippen molar-refractivity contribution in [3.05, 3.63) is 35.9 Å². The van der Waals surface area contributed by atoms with Gasteiger partial charge in [-0.3, -0.25) is 0 Å². The number of hydrogen-bond donors (Lipinski definition) is 0. The normalized spacial score (nSPS) is 17.5. The van der Waals surface area contributed by atoms with E-state index in [-0.39, 0.29) is 0 Å². The molecule has 2 rings (SSSR count). The second kappa shape index (κ2) is 5.90. The molecule has 1 heteroatoms. The predicted octanol–water partition coefficient (Wildman–Crippen LogP) is 4.35. The van der Waals surface area contributed by atoms with Crippen molar-refractivity contribution >= 4 is 11.8 Å². The Morgan fingerprint density at radius 1 is 1.00 bits per heavy atom. The molecular formula is C16H23N. The summed E-state index contributed by atoms with van der Waals surface area (Å²) in [6, 6.07) is 8.77. The number of benzene rings is 1. The molecule has 0 atom stereocenters. The van der Waals surface area contributed by atoms with Crippen molar-refractivity contribution < 1.29 is 0 Å². The number of allylic oxidation sites excluding steroid dienone is 1. The third-order valence-corrected chi connectivity index (χ3v) is 3.62. The molecule has 0 radical (unpaired) electrons. The molecule has 1 aliphatic carbocycles. The molecule has 1 aromatic carbocycles. The molecule has 1 fully saturated rings. The van der Waals surface area contributed by atoms with Crippen LogP contribution in [0.15, 0.2) is 30.3 Å². The SMILES string of the molecule is CN(C)c1ccc(/C=C/C2CCCCC2)cc1. The van der Waals surface area contributed by atoms with E-state index < -0.39 is 0 Å². The maximum absolute atomic E-state index is 2.41. The van der Waals surface area contributed by atoms with Crippen LogP contribution in [0.5, 0.6) is 0 Å². The van der Waals surface area contributed by atoms with Crippen molar-refractivity contribution in [2.75, 3.05) is 19.0 Å². The van der Waals surface area contributed by atoms with Gasteiger partial charge in [0.1, 0.15) is 0 Å². The molecule has 0 heterocycles. The number of rotatable bonds is 3. The van der Waals surface area contributed by atoms with Crippen molar-refractivity contribution in [1.82, 2.24) is 0 Å². The van der Waals surface area contributed by atoms with Gasteiger partial charge in [-0.25, -0.2) is 0 Å². The van der Waals surface area contributed by atoms with Crippen LogP contribution in [-0.2, 0) is 0 Å². The van der Waals surface area contributed by atoms with Crippen molar-refractivity contribution in [1.29, 1.82) is 0 Å². The molecule has 0 saturated heterocycles. The summed E-state index contributed by atoms with van der Waals surface area (Å²) in [5.74, 6) is 0.817. The van der Waals surface area contributed by atoms with Crippen molar-refractivity contribution in [3.8, 4) is 0 Å². The summed E-state index contributed by atoms with van der Waals surface area (Å²) in [6.45, 7) is 0. The van der Waals surface area contributed by atoms with Gasteiger partial charge in [0.2, 0.25) is 0 Å². The number of anilines is 1. The van der Waals surface area contributed by atoms with E-state index in [4.69, 9.17) is 0 Å². The molecule has 0 aromatic heterocycles. The average molecular weight is 229 g/mol. The van der Waals surface area contributed by atoms with Gasteiger partial charge in [0.25, 0.3) is 0 Å². The smallest absolute Gasteiger partial charge is 0.0361 e. The van der Waals surface area contributed by atoms with Gasteiger partial charge in [-0.2, -0.15) is 0 Å². The molecule has 0 bridgehead atoms. The lowest BCUT2D eigenvalue weighted by Gasteiger charge is -2.17. The number of hydrogen-bond acceptors (Lipinski definition) is 1. The Hall–Kier alpha value is -1.24. The van der Waals surface area contributed by atoms with Gasteiger partial charge in [-0.1, -0.05) is 43.5 Å². The summed E-state index contributed by atoms with van der Waals surface area (Å²) < 4.78 is 0. The minimum atomic E-state index is 0.817. The van der Waals surface area contributed by atoms with E-state index in [0.717, 1.165) is 5.92 Å². The molecule has 0 N–H and O–H groups in total. The van der Waals surface area contributed by atoms with Gasteiger partial charge in [0.15, 0.2) is 0 Å². The summed E-state index contributed by atoms with van der Waals surface area (Å²) >= 11 is 0. The highest BCUT2D eigenvalue weighted by Gasteiger charge is 2.09. The van der Waals surface area contributed by atoms with Crippen LogP contribution >= 0.6 is 0 Å². The van der Waals surface area contributed by atoms with Crippen LogP contribution in [0.4, 0.5) is 5.69 Å². The zero-order chi connectivity index (χ0) is 12.1. The molecule has 1 saturated carbocycles. The fourth-order valence-electron chi connectivity index (χ4n) is 2.46. The minimum absolute atomic E-state index is 0.817. The lowest BCUT2D eigenvalue weighted by Crippen LogP contribution is -2.07. The van der Waals surface area contributed by atoms with Crippen LogP contribution in [0.25, 0.3) is 6.08 Å². The minimum Gasteiger partial charge on any atom is -0.378 e. The lowest BCUT2D eigenvalue weighted by atomic mass is 9.89. The standard InChI is InChI=1S/C16H23N/c1-17(2)16-12-10-15(11-13-16)9-8-14-6-4-3-5-7-14/h8-14H,3-7H2,1-2H3/b9-8+. The van der Waals surface area contributed by atoms with E-state index >= 15 is 0 Å². The van der Waals surface area contributed by atoms with Crippen LogP contribution in [-0.4, -0.2) is 14.1 Å². The van der Waals surface area contributed by atoms with Gasteiger partial charge in [0.05, 0.1) is 0 Å². The Morgan fingerprint density at radius 2 is 1.65 bits per heavy atom. The van der Waals surface area contributed by atoms with Gasteiger partial charge in [-0.15, -0.1) is 0 Å². The first-order chi connectivity index (χ1) is 8.25. The summed E-state index contributed by atoms with van der Waals surface area (Å²) in [5.41, 5.74) is 2.58. The number of nitrogens with zero attached hydrogens (tertiary/aromatic N) is 1. The largest absolute Gasteiger partial charge is 0.378 e. The van der Waals surface area contributed by atoms with E-state index in [0.29, 0.717) is 0 Å². The summed E-state index contributed by atoms with van der Waals surface area (Å²) in [5, 5.41) is 0.